The number of hydrogen-bond donors (Lipinski definition) is 0. The van der Waals surface area contributed by atoms with E-state index in [2.05, 4.69) is 0 Å². The van der Waals surface area contributed by atoms with E-state index in [9.17, 15) is 4.79 Å². The molecule has 82 valence electrons. The van der Waals surface area contributed by atoms with Gasteiger partial charge in [-0.15, -0.1) is 0 Å². The van der Waals surface area contributed by atoms with E-state index in [0.29, 0.717) is 6.42 Å². The molecule has 5 heteroatoms. The fourth-order valence-corrected chi connectivity index (χ4v) is 1.44. The largest absolute Gasteiger partial charge is 0.463 e. The minimum Gasteiger partial charge on any atom is -0.463 e. The van der Waals surface area contributed by atoms with Gasteiger partial charge in [0.2, 0.25) is 0 Å². The summed E-state index contributed by atoms with van der Waals surface area (Å²) in [5, 5.41) is 0. The lowest BCUT2D eigenvalue weighted by molar-refractivity contribution is -0.167. The van der Waals surface area contributed by atoms with Crippen molar-refractivity contribution in [2.45, 2.75) is 31.8 Å². The minimum absolute atomic E-state index is 0.0828. The zero-order valence-corrected chi connectivity index (χ0v) is 8.69. The Labute approximate surface area is 83.3 Å². The maximum absolute atomic E-state index is 10.6. The Morgan fingerprint density at radius 2 is 2.14 bits per heavy atom. The molecule has 0 spiro atoms. The Bertz CT molecular complexity index is 182. The van der Waals surface area contributed by atoms with Gasteiger partial charge in [-0.3, -0.25) is 4.79 Å². The molecule has 0 aromatic rings. The highest BCUT2D eigenvalue weighted by Gasteiger charge is 2.35. The predicted octanol–water partition coefficient (Wildman–Crippen LogP) is 0.326. The molecule has 14 heavy (non-hydrogen) atoms. The summed E-state index contributed by atoms with van der Waals surface area (Å²) in [7, 11) is 3.17. The molecule has 1 aliphatic heterocycles. The van der Waals surface area contributed by atoms with Crippen LogP contribution in [0.2, 0.25) is 0 Å². The van der Waals surface area contributed by atoms with Crippen molar-refractivity contribution in [2.24, 2.45) is 0 Å². The Morgan fingerprint density at radius 1 is 1.43 bits per heavy atom. The van der Waals surface area contributed by atoms with E-state index in [1.807, 2.05) is 0 Å². The first kappa shape index (κ1) is 11.4. The molecule has 0 radical (unpaired) electrons. The summed E-state index contributed by atoms with van der Waals surface area (Å²) >= 11 is 0. The molecule has 3 atom stereocenters. The summed E-state index contributed by atoms with van der Waals surface area (Å²) in [6, 6.07) is 0. The standard InChI is InChI=1S/C9H16O5/c1-6(10)13-5-7-4-8(11-2)9(12-3)14-7/h7-9H,4-5H2,1-3H3/t7?,8-,9-/m0/s1. The number of hydrogen-bond acceptors (Lipinski definition) is 5. The van der Waals surface area contributed by atoms with Crippen molar-refractivity contribution in [3.63, 3.8) is 0 Å². The van der Waals surface area contributed by atoms with Gasteiger partial charge in [0.05, 0.1) is 6.10 Å². The first-order chi connectivity index (χ1) is 6.67. The van der Waals surface area contributed by atoms with Crippen LogP contribution in [0.3, 0.4) is 0 Å². The van der Waals surface area contributed by atoms with Crippen LogP contribution >= 0.6 is 0 Å². The normalized spacial score (nSPS) is 31.8. The average Bonchev–Trinajstić information content (AvgIpc) is 2.57. The van der Waals surface area contributed by atoms with Crippen LogP contribution in [0.1, 0.15) is 13.3 Å². The lowest BCUT2D eigenvalue weighted by Crippen LogP contribution is -2.24. The van der Waals surface area contributed by atoms with Crippen molar-refractivity contribution in [1.82, 2.24) is 0 Å². The molecule has 1 aliphatic rings. The molecule has 1 unspecified atom stereocenters. The summed E-state index contributed by atoms with van der Waals surface area (Å²) in [6.45, 7) is 1.63. The number of ether oxygens (including phenoxy) is 4. The smallest absolute Gasteiger partial charge is 0.302 e. The van der Waals surface area contributed by atoms with Crippen LogP contribution in [-0.4, -0.2) is 45.3 Å². The number of esters is 1. The maximum Gasteiger partial charge on any atom is 0.302 e. The molecule has 0 saturated carbocycles. The van der Waals surface area contributed by atoms with Crippen molar-refractivity contribution in [3.05, 3.63) is 0 Å². The summed E-state index contributed by atoms with van der Waals surface area (Å²) in [4.78, 5) is 10.6. The van der Waals surface area contributed by atoms with Gasteiger partial charge < -0.3 is 18.9 Å². The fourth-order valence-electron chi connectivity index (χ4n) is 1.44. The van der Waals surface area contributed by atoms with Crippen LogP contribution in [0.5, 0.6) is 0 Å². The predicted molar refractivity (Wildman–Crippen MR) is 47.7 cm³/mol. The second-order valence-corrected chi connectivity index (χ2v) is 3.17. The lowest BCUT2D eigenvalue weighted by atomic mass is 10.2. The quantitative estimate of drug-likeness (QED) is 0.617. The van der Waals surface area contributed by atoms with Crippen LogP contribution in [0, 0.1) is 0 Å². The van der Waals surface area contributed by atoms with Crippen LogP contribution in [-0.2, 0) is 23.7 Å². The van der Waals surface area contributed by atoms with Gasteiger partial charge in [-0.25, -0.2) is 0 Å². The third kappa shape index (κ3) is 2.94. The number of rotatable bonds is 4. The highest BCUT2D eigenvalue weighted by atomic mass is 16.7. The van der Waals surface area contributed by atoms with Crippen molar-refractivity contribution >= 4 is 5.97 Å². The van der Waals surface area contributed by atoms with Gasteiger partial charge in [-0.05, 0) is 0 Å². The lowest BCUT2D eigenvalue weighted by Gasteiger charge is -2.14. The van der Waals surface area contributed by atoms with Gasteiger partial charge in [0.1, 0.15) is 12.7 Å². The zero-order chi connectivity index (χ0) is 10.6. The topological polar surface area (TPSA) is 54.0 Å². The fraction of sp³-hybridized carbons (Fsp3) is 0.889. The molecule has 0 aromatic carbocycles. The van der Waals surface area contributed by atoms with Crippen LogP contribution in [0.4, 0.5) is 0 Å². The third-order valence-corrected chi connectivity index (χ3v) is 2.13. The SMILES string of the molecule is CO[C@H]1OC(COC(C)=O)C[C@@H]1OC. The van der Waals surface area contributed by atoms with Crippen molar-refractivity contribution in [3.8, 4) is 0 Å². The molecule has 1 fully saturated rings. The van der Waals surface area contributed by atoms with E-state index in [-0.39, 0.29) is 31.1 Å². The molecular weight excluding hydrogens is 188 g/mol. The van der Waals surface area contributed by atoms with Crippen LogP contribution in [0.25, 0.3) is 0 Å². The molecule has 5 nitrogen and oxygen atoms in total. The molecule has 0 bridgehead atoms. The second-order valence-electron chi connectivity index (χ2n) is 3.17. The van der Waals surface area contributed by atoms with Crippen molar-refractivity contribution < 1.29 is 23.7 Å². The molecule has 1 rings (SSSR count). The Morgan fingerprint density at radius 3 is 2.57 bits per heavy atom. The number of carbonyl (C=O) groups excluding carboxylic acids is 1. The molecule has 0 aliphatic carbocycles. The monoisotopic (exact) mass is 204 g/mol. The molecule has 1 saturated heterocycles. The molecule has 0 amide bonds. The molecule has 1 heterocycles. The van der Waals surface area contributed by atoms with E-state index >= 15 is 0 Å². The molecular formula is C9H16O5. The Balaban J connectivity index is 2.33. The molecule has 0 N–H and O–H groups in total. The van der Waals surface area contributed by atoms with Crippen LogP contribution < -0.4 is 0 Å². The zero-order valence-electron chi connectivity index (χ0n) is 8.69. The summed E-state index contributed by atoms with van der Waals surface area (Å²) in [6.07, 6.45) is 0.109. The van der Waals surface area contributed by atoms with E-state index in [1.165, 1.54) is 6.92 Å². The van der Waals surface area contributed by atoms with E-state index in [4.69, 9.17) is 18.9 Å². The number of methoxy groups -OCH3 is 2. The van der Waals surface area contributed by atoms with Gasteiger partial charge in [0.25, 0.3) is 0 Å². The Hall–Kier alpha value is -0.650. The third-order valence-electron chi connectivity index (χ3n) is 2.13. The number of carbonyl (C=O) groups is 1. The highest BCUT2D eigenvalue weighted by Crippen LogP contribution is 2.23. The van der Waals surface area contributed by atoms with Crippen molar-refractivity contribution in [1.29, 1.82) is 0 Å². The Kier molecular flexibility index (Phi) is 4.31. The average molecular weight is 204 g/mol. The first-order valence-electron chi connectivity index (χ1n) is 4.51. The maximum atomic E-state index is 10.6. The van der Waals surface area contributed by atoms with Gasteiger partial charge in [-0.2, -0.15) is 0 Å². The second kappa shape index (κ2) is 5.29. The summed E-state index contributed by atoms with van der Waals surface area (Å²) in [5.74, 6) is -0.302. The van der Waals surface area contributed by atoms with E-state index < -0.39 is 0 Å². The van der Waals surface area contributed by atoms with Crippen molar-refractivity contribution in [2.75, 3.05) is 20.8 Å². The van der Waals surface area contributed by atoms with Gasteiger partial charge in [0.15, 0.2) is 6.29 Å². The van der Waals surface area contributed by atoms with Gasteiger partial charge in [-0.1, -0.05) is 0 Å². The summed E-state index contributed by atoms with van der Waals surface area (Å²) in [5.41, 5.74) is 0. The first-order valence-corrected chi connectivity index (χ1v) is 4.51. The summed E-state index contributed by atoms with van der Waals surface area (Å²) < 4.78 is 20.5. The van der Waals surface area contributed by atoms with Gasteiger partial charge in [0, 0.05) is 27.6 Å². The molecule has 0 aromatic heterocycles. The van der Waals surface area contributed by atoms with E-state index in [0.717, 1.165) is 0 Å². The van der Waals surface area contributed by atoms with Crippen LogP contribution in [0.15, 0.2) is 0 Å². The minimum atomic E-state index is -0.361. The highest BCUT2D eigenvalue weighted by molar-refractivity contribution is 5.65. The van der Waals surface area contributed by atoms with Gasteiger partial charge >= 0.3 is 5.97 Å². The van der Waals surface area contributed by atoms with E-state index in [1.54, 1.807) is 14.2 Å².